The van der Waals surface area contributed by atoms with Crippen LogP contribution in [0, 0.1) is 5.41 Å². The summed E-state index contributed by atoms with van der Waals surface area (Å²) in [6.45, 7) is 6.13. The summed E-state index contributed by atoms with van der Waals surface area (Å²) in [6, 6.07) is 2.97. The molecule has 1 aromatic heterocycles. The highest BCUT2D eigenvalue weighted by atomic mass is 16.4. The van der Waals surface area contributed by atoms with Gasteiger partial charge in [0.05, 0.1) is 6.42 Å². The maximum atomic E-state index is 12.2. The van der Waals surface area contributed by atoms with E-state index in [-0.39, 0.29) is 17.9 Å². The number of rotatable bonds is 5. The molecule has 21 heavy (non-hydrogen) atoms. The van der Waals surface area contributed by atoms with Crippen LogP contribution in [0.2, 0.25) is 0 Å². The van der Waals surface area contributed by atoms with E-state index in [4.69, 9.17) is 5.11 Å². The summed E-state index contributed by atoms with van der Waals surface area (Å²) >= 11 is 0. The molecule has 0 bridgehead atoms. The Kier molecular flexibility index (Phi) is 5.69. The van der Waals surface area contributed by atoms with E-state index in [1.165, 1.54) is 4.90 Å². The van der Waals surface area contributed by atoms with Crippen LogP contribution in [0.4, 0.5) is 4.79 Å². The van der Waals surface area contributed by atoms with Gasteiger partial charge in [-0.25, -0.2) is 4.79 Å². The first-order valence-electron chi connectivity index (χ1n) is 6.82. The fourth-order valence-corrected chi connectivity index (χ4v) is 1.84. The van der Waals surface area contributed by atoms with Crippen molar-refractivity contribution in [1.82, 2.24) is 15.2 Å². The van der Waals surface area contributed by atoms with Gasteiger partial charge in [-0.3, -0.25) is 9.78 Å². The number of nitrogens with one attached hydrogen (secondary N) is 1. The van der Waals surface area contributed by atoms with Gasteiger partial charge in [0.2, 0.25) is 0 Å². The highest BCUT2D eigenvalue weighted by molar-refractivity contribution is 5.75. The first kappa shape index (κ1) is 16.9. The average molecular weight is 293 g/mol. The molecule has 0 spiro atoms. The summed E-state index contributed by atoms with van der Waals surface area (Å²) < 4.78 is 0. The van der Waals surface area contributed by atoms with E-state index >= 15 is 0 Å². The molecule has 1 atom stereocenters. The zero-order chi connectivity index (χ0) is 16.0. The third-order valence-corrected chi connectivity index (χ3v) is 3.21. The SMILES string of the molecule is CN(Cc1cccnc1)C(=O)NC(CC(=O)O)C(C)(C)C. The second-order valence-electron chi connectivity index (χ2n) is 6.18. The van der Waals surface area contributed by atoms with E-state index in [2.05, 4.69) is 10.3 Å². The van der Waals surface area contributed by atoms with Crippen LogP contribution in [0.1, 0.15) is 32.8 Å². The molecule has 2 N–H and O–H groups in total. The summed E-state index contributed by atoms with van der Waals surface area (Å²) in [7, 11) is 1.67. The van der Waals surface area contributed by atoms with Crippen molar-refractivity contribution < 1.29 is 14.7 Å². The van der Waals surface area contributed by atoms with Crippen LogP contribution in [0.5, 0.6) is 0 Å². The molecule has 1 rings (SSSR count). The monoisotopic (exact) mass is 293 g/mol. The van der Waals surface area contributed by atoms with Crippen molar-refractivity contribution in [3.63, 3.8) is 0 Å². The molecule has 2 amide bonds. The number of urea groups is 1. The fourth-order valence-electron chi connectivity index (χ4n) is 1.84. The molecule has 0 aliphatic carbocycles. The standard InChI is InChI=1S/C15H23N3O3/c1-15(2,3)12(8-13(19)20)17-14(21)18(4)10-11-6-5-7-16-9-11/h5-7,9,12H,8,10H2,1-4H3,(H,17,21)(H,19,20). The maximum absolute atomic E-state index is 12.2. The van der Waals surface area contributed by atoms with Gasteiger partial charge in [-0.05, 0) is 17.0 Å². The summed E-state index contributed by atoms with van der Waals surface area (Å²) in [5.74, 6) is -0.926. The number of nitrogens with zero attached hydrogens (tertiary/aromatic N) is 2. The minimum atomic E-state index is -0.926. The molecule has 0 aliphatic rings. The molecule has 1 heterocycles. The molecule has 0 fully saturated rings. The summed E-state index contributed by atoms with van der Waals surface area (Å²) in [6.07, 6.45) is 3.27. The number of aliphatic carboxylic acids is 1. The van der Waals surface area contributed by atoms with Crippen LogP contribution >= 0.6 is 0 Å². The van der Waals surface area contributed by atoms with E-state index in [9.17, 15) is 9.59 Å². The normalized spacial score (nSPS) is 12.6. The van der Waals surface area contributed by atoms with Crippen LogP contribution in [-0.2, 0) is 11.3 Å². The van der Waals surface area contributed by atoms with Gasteiger partial charge in [0, 0.05) is 32.0 Å². The Balaban J connectivity index is 2.66. The number of carbonyl (C=O) groups excluding carboxylic acids is 1. The van der Waals surface area contributed by atoms with Crippen molar-refractivity contribution in [2.24, 2.45) is 5.41 Å². The zero-order valence-electron chi connectivity index (χ0n) is 13.0. The van der Waals surface area contributed by atoms with Gasteiger partial charge in [-0.2, -0.15) is 0 Å². The van der Waals surface area contributed by atoms with E-state index in [1.807, 2.05) is 32.9 Å². The molecule has 0 radical (unpaired) electrons. The van der Waals surface area contributed by atoms with E-state index in [0.717, 1.165) is 5.56 Å². The van der Waals surface area contributed by atoms with E-state index in [0.29, 0.717) is 6.54 Å². The lowest BCUT2D eigenvalue weighted by molar-refractivity contribution is -0.138. The van der Waals surface area contributed by atoms with Gasteiger partial charge in [-0.1, -0.05) is 26.8 Å². The molecule has 0 saturated carbocycles. The minimum absolute atomic E-state index is 0.101. The van der Waals surface area contributed by atoms with Crippen LogP contribution < -0.4 is 5.32 Å². The predicted molar refractivity (Wildman–Crippen MR) is 79.7 cm³/mol. The van der Waals surface area contributed by atoms with E-state index < -0.39 is 12.0 Å². The second-order valence-corrected chi connectivity index (χ2v) is 6.18. The Labute approximate surface area is 125 Å². The van der Waals surface area contributed by atoms with E-state index in [1.54, 1.807) is 19.4 Å². The third-order valence-electron chi connectivity index (χ3n) is 3.21. The summed E-state index contributed by atoms with van der Waals surface area (Å²) in [5.41, 5.74) is 0.587. The minimum Gasteiger partial charge on any atom is -0.481 e. The lowest BCUT2D eigenvalue weighted by atomic mass is 9.85. The quantitative estimate of drug-likeness (QED) is 0.871. The number of hydrogen-bond donors (Lipinski definition) is 2. The number of hydrogen-bond acceptors (Lipinski definition) is 3. The lowest BCUT2D eigenvalue weighted by Crippen LogP contribution is -2.49. The number of aromatic nitrogens is 1. The first-order valence-corrected chi connectivity index (χ1v) is 6.82. The van der Waals surface area contributed by atoms with Gasteiger partial charge < -0.3 is 15.3 Å². The number of carbonyl (C=O) groups is 2. The molecular formula is C15H23N3O3. The van der Waals surface area contributed by atoms with Crippen molar-refractivity contribution in [2.45, 2.75) is 39.8 Å². The number of pyridine rings is 1. The lowest BCUT2D eigenvalue weighted by Gasteiger charge is -2.32. The average Bonchev–Trinajstić information content (AvgIpc) is 2.37. The van der Waals surface area contributed by atoms with Gasteiger partial charge in [0.15, 0.2) is 0 Å². The number of carboxylic acids is 1. The van der Waals surface area contributed by atoms with Gasteiger partial charge >= 0.3 is 12.0 Å². The highest BCUT2D eigenvalue weighted by Gasteiger charge is 2.29. The third kappa shape index (κ3) is 5.81. The molecule has 0 aliphatic heterocycles. The molecule has 116 valence electrons. The van der Waals surface area contributed by atoms with Crippen LogP contribution in [0.3, 0.4) is 0 Å². The van der Waals surface area contributed by atoms with Crippen LogP contribution in [0.25, 0.3) is 0 Å². The van der Waals surface area contributed by atoms with Crippen molar-refractivity contribution in [2.75, 3.05) is 7.05 Å². The molecule has 1 unspecified atom stereocenters. The fraction of sp³-hybridized carbons (Fsp3) is 0.533. The molecule has 6 heteroatoms. The maximum Gasteiger partial charge on any atom is 0.317 e. The van der Waals surface area contributed by atoms with Crippen molar-refractivity contribution in [3.8, 4) is 0 Å². The Morgan fingerprint density at radius 1 is 1.43 bits per heavy atom. The highest BCUT2D eigenvalue weighted by Crippen LogP contribution is 2.22. The number of amides is 2. The molecule has 0 saturated heterocycles. The van der Waals surface area contributed by atoms with Crippen molar-refractivity contribution >= 4 is 12.0 Å². The first-order chi connectivity index (χ1) is 9.70. The van der Waals surface area contributed by atoms with Gasteiger partial charge in [0.1, 0.15) is 0 Å². The number of carboxylic acid groups (broad SMARTS) is 1. The summed E-state index contributed by atoms with van der Waals surface area (Å²) in [5, 5.41) is 11.8. The predicted octanol–water partition coefficient (Wildman–Crippen LogP) is 2.11. The van der Waals surface area contributed by atoms with Gasteiger partial charge in [-0.15, -0.1) is 0 Å². The molecule has 0 aromatic carbocycles. The van der Waals surface area contributed by atoms with Crippen LogP contribution in [-0.4, -0.2) is 40.1 Å². The second kappa shape index (κ2) is 7.06. The molecule has 6 nitrogen and oxygen atoms in total. The molecular weight excluding hydrogens is 270 g/mol. The topological polar surface area (TPSA) is 82.5 Å². The Morgan fingerprint density at radius 3 is 2.57 bits per heavy atom. The van der Waals surface area contributed by atoms with Gasteiger partial charge in [0.25, 0.3) is 0 Å². The van der Waals surface area contributed by atoms with Crippen LogP contribution in [0.15, 0.2) is 24.5 Å². The largest absolute Gasteiger partial charge is 0.481 e. The van der Waals surface area contributed by atoms with Crippen molar-refractivity contribution in [1.29, 1.82) is 0 Å². The summed E-state index contributed by atoms with van der Waals surface area (Å²) in [4.78, 5) is 28.6. The van der Waals surface area contributed by atoms with Crippen molar-refractivity contribution in [3.05, 3.63) is 30.1 Å². The Bertz CT molecular complexity index is 483. The zero-order valence-corrected chi connectivity index (χ0v) is 13.0. The Morgan fingerprint density at radius 2 is 2.10 bits per heavy atom. The molecule has 1 aromatic rings. The Hall–Kier alpha value is -2.11. The smallest absolute Gasteiger partial charge is 0.317 e.